The molecule has 2 amide bonds. The molecule has 1 heterocycles. The van der Waals surface area contributed by atoms with Crippen LogP contribution in [-0.2, 0) is 26.1 Å². The lowest BCUT2D eigenvalue weighted by Crippen LogP contribution is -2.38. The van der Waals surface area contributed by atoms with Crippen molar-refractivity contribution in [2.45, 2.75) is 31.0 Å². The second-order valence-electron chi connectivity index (χ2n) is 9.55. The number of benzene rings is 3. The fourth-order valence-corrected chi connectivity index (χ4v) is 5.19. The summed E-state index contributed by atoms with van der Waals surface area (Å²) in [6, 6.07) is 19.3. The summed E-state index contributed by atoms with van der Waals surface area (Å²) < 4.78 is 73.0. The van der Waals surface area contributed by atoms with Crippen LogP contribution in [0, 0.1) is 6.92 Å². The Morgan fingerprint density at radius 1 is 1.02 bits per heavy atom. The average molecular weight is 604 g/mol. The molecule has 4 rings (SSSR count). The van der Waals surface area contributed by atoms with Crippen LogP contribution in [0.4, 0.5) is 35.0 Å². The van der Waals surface area contributed by atoms with Crippen molar-refractivity contribution in [1.29, 1.82) is 0 Å². The molecule has 222 valence electrons. The van der Waals surface area contributed by atoms with Crippen molar-refractivity contribution < 1.29 is 35.9 Å². The number of hydrazone groups is 1. The van der Waals surface area contributed by atoms with Gasteiger partial charge in [-0.2, -0.15) is 13.2 Å². The number of ether oxygens (including phenoxy) is 1. The van der Waals surface area contributed by atoms with Gasteiger partial charge in [-0.05, 0) is 55.0 Å². The molecule has 0 saturated carbocycles. The van der Waals surface area contributed by atoms with Gasteiger partial charge in [0.15, 0.2) is 0 Å². The second kappa shape index (κ2) is 12.1. The van der Waals surface area contributed by atoms with Gasteiger partial charge in [-0.3, -0.25) is 19.4 Å². The maximum absolute atomic E-state index is 13.1. The number of halogens is 3. The van der Waals surface area contributed by atoms with Crippen LogP contribution in [0.15, 0.2) is 82.8 Å². The zero-order valence-electron chi connectivity index (χ0n) is 22.9. The summed E-state index contributed by atoms with van der Waals surface area (Å²) in [6.45, 7) is 1.68. The topological polar surface area (TPSA) is 112 Å². The monoisotopic (exact) mass is 603 g/mol. The van der Waals surface area contributed by atoms with Crippen molar-refractivity contribution in [3.63, 3.8) is 0 Å². The standard InChI is InChI=1S/C28H28F3N5O5S/c1-19-9-12-23(13-10-19)42(39,40)33-21-11-14-24(20(17-21)18-34(2)26(37)28(29,30)31)35(3)27(38)41-25-15-16-36(32-25)22-7-5-4-6-8-22/h4-14,17,33H,15-16,18H2,1-3H3. The SMILES string of the molecule is Cc1ccc(S(=O)(=O)Nc2ccc(N(C)C(=O)OC3=NN(c4ccccc4)CC3)c(CN(C)C(=O)C(F)(F)F)c2)cc1. The van der Waals surface area contributed by atoms with E-state index in [4.69, 9.17) is 4.74 Å². The van der Waals surface area contributed by atoms with Gasteiger partial charge in [-0.15, -0.1) is 5.10 Å². The Morgan fingerprint density at radius 2 is 1.69 bits per heavy atom. The summed E-state index contributed by atoms with van der Waals surface area (Å²) in [5, 5.41) is 5.98. The maximum atomic E-state index is 13.1. The van der Waals surface area contributed by atoms with Gasteiger partial charge in [0.25, 0.3) is 10.0 Å². The number of hydrogen-bond donors (Lipinski definition) is 1. The minimum absolute atomic E-state index is 0.0163. The zero-order valence-corrected chi connectivity index (χ0v) is 23.7. The number of carbonyl (C=O) groups is 2. The van der Waals surface area contributed by atoms with Crippen LogP contribution < -0.4 is 14.6 Å². The van der Waals surface area contributed by atoms with E-state index < -0.39 is 34.7 Å². The molecule has 10 nitrogen and oxygen atoms in total. The summed E-state index contributed by atoms with van der Waals surface area (Å²) in [6.07, 6.45) is -5.66. The molecule has 0 radical (unpaired) electrons. The maximum Gasteiger partial charge on any atom is 0.471 e. The van der Waals surface area contributed by atoms with Gasteiger partial charge >= 0.3 is 18.2 Å². The minimum atomic E-state index is -5.13. The number of sulfonamides is 1. The van der Waals surface area contributed by atoms with Crippen LogP contribution in [0.5, 0.6) is 0 Å². The zero-order chi connectivity index (χ0) is 30.7. The molecule has 0 saturated heterocycles. The van der Waals surface area contributed by atoms with Gasteiger partial charge in [0, 0.05) is 32.7 Å². The van der Waals surface area contributed by atoms with E-state index in [1.807, 2.05) is 30.3 Å². The van der Waals surface area contributed by atoms with Gasteiger partial charge in [0.2, 0.25) is 5.90 Å². The predicted molar refractivity (Wildman–Crippen MR) is 152 cm³/mol. The van der Waals surface area contributed by atoms with E-state index in [9.17, 15) is 31.2 Å². The molecule has 0 spiro atoms. The van der Waals surface area contributed by atoms with E-state index in [-0.39, 0.29) is 27.7 Å². The van der Waals surface area contributed by atoms with Crippen LogP contribution in [0.1, 0.15) is 17.5 Å². The van der Waals surface area contributed by atoms with Crippen molar-refractivity contribution in [3.8, 4) is 0 Å². The van der Waals surface area contributed by atoms with Gasteiger partial charge in [0.1, 0.15) is 0 Å². The number of nitrogens with zero attached hydrogens (tertiary/aromatic N) is 4. The average Bonchev–Trinajstić information content (AvgIpc) is 3.41. The van der Waals surface area contributed by atoms with Crippen molar-refractivity contribution in [2.75, 3.05) is 35.3 Å². The molecular weight excluding hydrogens is 575 g/mol. The predicted octanol–water partition coefficient (Wildman–Crippen LogP) is 5.11. The Hall–Kier alpha value is -4.59. The van der Waals surface area contributed by atoms with Crippen molar-refractivity contribution in [3.05, 3.63) is 83.9 Å². The van der Waals surface area contributed by atoms with E-state index >= 15 is 0 Å². The summed E-state index contributed by atoms with van der Waals surface area (Å²) >= 11 is 0. The Kier molecular flexibility index (Phi) is 8.75. The van der Waals surface area contributed by atoms with E-state index in [0.29, 0.717) is 17.9 Å². The van der Waals surface area contributed by atoms with Crippen LogP contribution >= 0.6 is 0 Å². The molecule has 1 aliphatic rings. The molecule has 1 N–H and O–H groups in total. The third kappa shape index (κ3) is 7.18. The molecular formula is C28H28F3N5O5S. The van der Waals surface area contributed by atoms with E-state index in [0.717, 1.165) is 23.2 Å². The van der Waals surface area contributed by atoms with Gasteiger partial charge < -0.3 is 9.64 Å². The first-order valence-electron chi connectivity index (χ1n) is 12.6. The summed E-state index contributed by atoms with van der Waals surface area (Å²) in [5.41, 5.74) is 1.82. The molecule has 0 aliphatic carbocycles. The molecule has 3 aromatic carbocycles. The van der Waals surface area contributed by atoms with Gasteiger partial charge in [-0.1, -0.05) is 35.9 Å². The highest BCUT2D eigenvalue weighted by Crippen LogP contribution is 2.29. The molecule has 1 aliphatic heterocycles. The number of anilines is 3. The number of amides is 2. The number of nitrogens with one attached hydrogen (secondary N) is 1. The van der Waals surface area contributed by atoms with E-state index in [1.165, 1.54) is 37.4 Å². The molecule has 0 fully saturated rings. The lowest BCUT2D eigenvalue weighted by atomic mass is 10.1. The van der Waals surface area contributed by atoms with Crippen molar-refractivity contribution in [2.24, 2.45) is 5.10 Å². The molecule has 14 heteroatoms. The molecule has 0 atom stereocenters. The molecule has 3 aromatic rings. The van der Waals surface area contributed by atoms with E-state index in [1.54, 1.807) is 24.1 Å². The molecule has 42 heavy (non-hydrogen) atoms. The Bertz CT molecular complexity index is 1600. The minimum Gasteiger partial charge on any atom is -0.393 e. The van der Waals surface area contributed by atoms with Crippen LogP contribution in [0.2, 0.25) is 0 Å². The largest absolute Gasteiger partial charge is 0.471 e. The first kappa shape index (κ1) is 30.4. The fraction of sp³-hybridized carbons (Fsp3) is 0.250. The Labute approximate surface area is 241 Å². The van der Waals surface area contributed by atoms with Gasteiger partial charge in [0.05, 0.1) is 22.8 Å². The highest BCUT2D eigenvalue weighted by molar-refractivity contribution is 7.92. The molecule has 0 aromatic heterocycles. The van der Waals surface area contributed by atoms with Crippen LogP contribution in [0.3, 0.4) is 0 Å². The van der Waals surface area contributed by atoms with Crippen molar-refractivity contribution >= 4 is 45.0 Å². The smallest absolute Gasteiger partial charge is 0.393 e. The highest BCUT2D eigenvalue weighted by Gasteiger charge is 2.41. The fourth-order valence-electron chi connectivity index (χ4n) is 4.14. The van der Waals surface area contributed by atoms with Crippen molar-refractivity contribution in [1.82, 2.24) is 4.90 Å². The lowest BCUT2D eigenvalue weighted by molar-refractivity contribution is -0.184. The third-order valence-corrected chi connectivity index (χ3v) is 7.72. The summed E-state index contributed by atoms with van der Waals surface area (Å²) in [7, 11) is -1.75. The second-order valence-corrected chi connectivity index (χ2v) is 11.2. The number of rotatable bonds is 7. The highest BCUT2D eigenvalue weighted by atomic mass is 32.2. The number of aryl methyl sites for hydroxylation is 1. The number of carbonyl (C=O) groups excluding carboxylic acids is 2. The Balaban J connectivity index is 1.59. The Morgan fingerprint density at radius 3 is 2.33 bits per heavy atom. The number of para-hydroxylation sites is 1. The lowest BCUT2D eigenvalue weighted by Gasteiger charge is -2.24. The molecule has 0 unspecified atom stereocenters. The third-order valence-electron chi connectivity index (χ3n) is 6.32. The normalized spacial score (nSPS) is 13.4. The van der Waals surface area contributed by atoms with Gasteiger partial charge in [-0.25, -0.2) is 13.2 Å². The number of hydrogen-bond acceptors (Lipinski definition) is 7. The first-order chi connectivity index (χ1) is 19.7. The van der Waals surface area contributed by atoms with Crippen LogP contribution in [-0.4, -0.2) is 58.0 Å². The first-order valence-corrected chi connectivity index (χ1v) is 14.1. The van der Waals surface area contributed by atoms with E-state index in [2.05, 4.69) is 9.82 Å². The summed E-state index contributed by atoms with van der Waals surface area (Å²) in [5.74, 6) is -1.96. The molecule has 0 bridgehead atoms. The quantitative estimate of drug-likeness (QED) is 0.402. The summed E-state index contributed by atoms with van der Waals surface area (Å²) in [4.78, 5) is 26.3. The number of alkyl halides is 3. The van der Waals surface area contributed by atoms with Crippen LogP contribution in [0.25, 0.3) is 0 Å².